The third kappa shape index (κ3) is 5.35. The molecule has 6 rings (SSSR count). The van der Waals surface area contributed by atoms with Crippen molar-refractivity contribution < 1.29 is 24.2 Å². The maximum Gasteiger partial charge on any atom is 0.295 e. The zero-order valence-electron chi connectivity index (χ0n) is 23.9. The van der Waals surface area contributed by atoms with Gasteiger partial charge in [-0.3, -0.25) is 14.0 Å². The average Bonchev–Trinajstić information content (AvgIpc) is 3.51. The SMILES string of the molecule is COc1cc(C2/C(=C(\O)c3c(C)nc4ccccn34)C(=O)C(=O)N2CCc2ccccc2)ccc1OCc1ccccc1. The third-order valence-corrected chi connectivity index (χ3v) is 7.69. The largest absolute Gasteiger partial charge is 0.505 e. The lowest BCUT2D eigenvalue weighted by Crippen LogP contribution is -2.31. The van der Waals surface area contributed by atoms with E-state index in [2.05, 4.69) is 4.98 Å². The normalized spacial score (nSPS) is 16.1. The molecule has 1 aliphatic heterocycles. The summed E-state index contributed by atoms with van der Waals surface area (Å²) >= 11 is 0. The standard InChI is InChI=1S/C35H31N3O5/c1-23-31(37-19-10-9-15-29(37)36-23)33(39)30-32(38(35(41)34(30)40)20-18-24-11-5-3-6-12-24)26-16-17-27(28(21-26)42-2)43-22-25-13-7-4-8-14-25/h3-17,19,21,32,39H,18,20,22H2,1-2H3/b33-30+. The van der Waals surface area contributed by atoms with E-state index in [1.54, 1.807) is 36.8 Å². The highest BCUT2D eigenvalue weighted by Crippen LogP contribution is 2.42. The van der Waals surface area contributed by atoms with Gasteiger partial charge >= 0.3 is 0 Å². The Labute approximate surface area is 249 Å². The number of likely N-dealkylation sites (tertiary alicyclic amines) is 1. The quantitative estimate of drug-likeness (QED) is 0.134. The lowest BCUT2D eigenvalue weighted by Gasteiger charge is -2.26. The Bertz CT molecular complexity index is 1830. The highest BCUT2D eigenvalue weighted by atomic mass is 16.5. The number of benzene rings is 3. The Balaban J connectivity index is 1.44. The van der Waals surface area contributed by atoms with Crippen molar-refractivity contribution in [1.82, 2.24) is 14.3 Å². The summed E-state index contributed by atoms with van der Waals surface area (Å²) in [6.45, 7) is 2.39. The highest BCUT2D eigenvalue weighted by Gasteiger charge is 2.46. The number of amides is 1. The first-order valence-corrected chi connectivity index (χ1v) is 14.1. The van der Waals surface area contributed by atoms with Crippen LogP contribution in [0.15, 0.2) is 109 Å². The second-order valence-corrected chi connectivity index (χ2v) is 10.4. The number of imidazole rings is 1. The number of aliphatic hydroxyl groups is 1. The summed E-state index contributed by atoms with van der Waals surface area (Å²) in [4.78, 5) is 33.3. The summed E-state index contributed by atoms with van der Waals surface area (Å²) in [5, 5.41) is 11.8. The van der Waals surface area contributed by atoms with Crippen molar-refractivity contribution in [3.05, 3.63) is 137 Å². The van der Waals surface area contributed by atoms with Crippen LogP contribution in [0.5, 0.6) is 11.5 Å². The second kappa shape index (κ2) is 11.9. The smallest absolute Gasteiger partial charge is 0.295 e. The Morgan fingerprint density at radius 2 is 1.58 bits per heavy atom. The van der Waals surface area contributed by atoms with Crippen LogP contribution in [-0.4, -0.2) is 44.7 Å². The number of aromatic nitrogens is 2. The van der Waals surface area contributed by atoms with Gasteiger partial charge in [-0.25, -0.2) is 4.98 Å². The van der Waals surface area contributed by atoms with Crippen molar-refractivity contribution in [2.45, 2.75) is 26.0 Å². The molecule has 1 saturated heterocycles. The summed E-state index contributed by atoms with van der Waals surface area (Å²) in [6.07, 6.45) is 2.31. The number of methoxy groups -OCH3 is 1. The fourth-order valence-corrected chi connectivity index (χ4v) is 5.59. The number of Topliss-reactive ketones (excluding diaryl/α,β-unsaturated/α-hetero) is 1. The number of rotatable bonds is 9. The summed E-state index contributed by atoms with van der Waals surface area (Å²) < 4.78 is 13.5. The Morgan fingerprint density at radius 3 is 2.30 bits per heavy atom. The first kappa shape index (κ1) is 27.8. The van der Waals surface area contributed by atoms with Gasteiger partial charge in [-0.1, -0.05) is 72.8 Å². The van der Waals surface area contributed by atoms with Crippen molar-refractivity contribution in [2.24, 2.45) is 0 Å². The van der Waals surface area contributed by atoms with Gasteiger partial charge in [0, 0.05) is 12.7 Å². The number of carbonyl (C=O) groups is 2. The van der Waals surface area contributed by atoms with Crippen molar-refractivity contribution in [3.8, 4) is 11.5 Å². The molecule has 3 heterocycles. The minimum Gasteiger partial charge on any atom is -0.505 e. The summed E-state index contributed by atoms with van der Waals surface area (Å²) in [5.41, 5.74) is 4.19. The second-order valence-electron chi connectivity index (χ2n) is 10.4. The van der Waals surface area contributed by atoms with E-state index < -0.39 is 17.7 Å². The van der Waals surface area contributed by atoms with E-state index in [0.29, 0.717) is 47.1 Å². The van der Waals surface area contributed by atoms with Crippen LogP contribution in [0, 0.1) is 6.92 Å². The van der Waals surface area contributed by atoms with Gasteiger partial charge in [0.2, 0.25) is 0 Å². The van der Waals surface area contributed by atoms with Gasteiger partial charge in [-0.05, 0) is 54.3 Å². The molecular weight excluding hydrogens is 542 g/mol. The number of nitrogens with zero attached hydrogens (tertiary/aromatic N) is 3. The summed E-state index contributed by atoms with van der Waals surface area (Å²) in [7, 11) is 1.54. The Morgan fingerprint density at radius 1 is 0.884 bits per heavy atom. The molecule has 0 bridgehead atoms. The van der Waals surface area contributed by atoms with Crippen LogP contribution in [0.4, 0.5) is 0 Å². The molecule has 8 heteroatoms. The predicted octanol–water partition coefficient (Wildman–Crippen LogP) is 5.89. The van der Waals surface area contributed by atoms with Gasteiger partial charge in [0.05, 0.1) is 24.4 Å². The first-order chi connectivity index (χ1) is 21.0. The van der Waals surface area contributed by atoms with Crippen molar-refractivity contribution >= 4 is 23.1 Å². The molecule has 1 fully saturated rings. The van der Waals surface area contributed by atoms with Gasteiger partial charge in [0.25, 0.3) is 11.7 Å². The van der Waals surface area contributed by atoms with Crippen molar-refractivity contribution in [3.63, 3.8) is 0 Å². The van der Waals surface area contributed by atoms with E-state index in [-0.39, 0.29) is 17.9 Å². The summed E-state index contributed by atoms with van der Waals surface area (Å²) in [6, 6.07) is 29.5. The molecule has 2 aromatic heterocycles. The number of aryl methyl sites for hydroxylation is 1. The fourth-order valence-electron chi connectivity index (χ4n) is 5.59. The predicted molar refractivity (Wildman–Crippen MR) is 163 cm³/mol. The van der Waals surface area contributed by atoms with Gasteiger partial charge in [0.15, 0.2) is 17.3 Å². The molecule has 3 aromatic carbocycles. The van der Waals surface area contributed by atoms with Gasteiger partial charge in [-0.2, -0.15) is 0 Å². The molecule has 0 saturated carbocycles. The van der Waals surface area contributed by atoms with Crippen molar-refractivity contribution in [2.75, 3.05) is 13.7 Å². The minimum atomic E-state index is -0.852. The molecule has 216 valence electrons. The van der Waals surface area contributed by atoms with Gasteiger partial charge < -0.3 is 19.5 Å². The van der Waals surface area contributed by atoms with E-state index in [1.807, 2.05) is 84.9 Å². The van der Waals surface area contributed by atoms with E-state index in [9.17, 15) is 14.7 Å². The molecule has 8 nitrogen and oxygen atoms in total. The zero-order chi connectivity index (χ0) is 29.9. The lowest BCUT2D eigenvalue weighted by atomic mass is 9.95. The van der Waals surface area contributed by atoms with Crippen LogP contribution in [0.1, 0.15) is 34.1 Å². The molecule has 1 N–H and O–H groups in total. The maximum absolute atomic E-state index is 13.7. The number of hydrogen-bond donors (Lipinski definition) is 1. The molecular formula is C35H31N3O5. The van der Waals surface area contributed by atoms with E-state index in [4.69, 9.17) is 9.47 Å². The van der Waals surface area contributed by atoms with E-state index in [0.717, 1.165) is 11.1 Å². The lowest BCUT2D eigenvalue weighted by molar-refractivity contribution is -0.139. The molecule has 43 heavy (non-hydrogen) atoms. The molecule has 1 unspecified atom stereocenters. The number of ether oxygens (including phenoxy) is 2. The van der Waals surface area contributed by atoms with Crippen LogP contribution in [0.2, 0.25) is 0 Å². The third-order valence-electron chi connectivity index (χ3n) is 7.69. The number of pyridine rings is 1. The number of fused-ring (bicyclic) bond motifs is 1. The molecule has 1 aliphatic rings. The molecule has 1 atom stereocenters. The Hall–Kier alpha value is -5.37. The van der Waals surface area contributed by atoms with Crippen LogP contribution in [0.25, 0.3) is 11.4 Å². The minimum absolute atomic E-state index is 0.00632. The van der Waals surface area contributed by atoms with Crippen molar-refractivity contribution in [1.29, 1.82) is 0 Å². The monoisotopic (exact) mass is 573 g/mol. The molecule has 1 amide bonds. The van der Waals surface area contributed by atoms with Crippen LogP contribution in [-0.2, 0) is 22.6 Å². The molecule has 0 aliphatic carbocycles. The van der Waals surface area contributed by atoms with Crippen LogP contribution < -0.4 is 9.47 Å². The van der Waals surface area contributed by atoms with Gasteiger partial charge in [0.1, 0.15) is 17.9 Å². The fraction of sp³-hybridized carbons (Fsp3) is 0.171. The number of aliphatic hydroxyl groups excluding tert-OH is 1. The number of hydrogen-bond acceptors (Lipinski definition) is 6. The van der Waals surface area contributed by atoms with Crippen LogP contribution >= 0.6 is 0 Å². The van der Waals surface area contributed by atoms with E-state index >= 15 is 0 Å². The first-order valence-electron chi connectivity index (χ1n) is 14.1. The maximum atomic E-state index is 13.7. The van der Waals surface area contributed by atoms with E-state index in [1.165, 1.54) is 4.90 Å². The average molecular weight is 574 g/mol. The topological polar surface area (TPSA) is 93.4 Å². The highest BCUT2D eigenvalue weighted by molar-refractivity contribution is 6.46. The van der Waals surface area contributed by atoms with Gasteiger partial charge in [-0.15, -0.1) is 0 Å². The number of carbonyl (C=O) groups excluding carboxylic acids is 2. The molecule has 5 aromatic rings. The number of ketones is 1. The Kier molecular flexibility index (Phi) is 7.66. The van der Waals surface area contributed by atoms with Crippen LogP contribution in [0.3, 0.4) is 0 Å². The summed E-state index contributed by atoms with van der Waals surface area (Å²) in [5.74, 6) is -0.714. The molecule has 0 spiro atoms. The zero-order valence-corrected chi connectivity index (χ0v) is 23.9. The molecule has 0 radical (unpaired) electrons.